The van der Waals surface area contributed by atoms with E-state index >= 15 is 0 Å². The van der Waals surface area contributed by atoms with E-state index in [2.05, 4.69) is 11.2 Å². The Labute approximate surface area is 109 Å². The van der Waals surface area contributed by atoms with Crippen molar-refractivity contribution in [3.8, 4) is 12.3 Å². The minimum atomic E-state index is -1.09. The molecule has 0 bridgehead atoms. The van der Waals surface area contributed by atoms with Crippen molar-refractivity contribution in [2.24, 2.45) is 0 Å². The second kappa shape index (κ2) is 6.67. The minimum absolute atomic E-state index is 0.0262. The van der Waals surface area contributed by atoms with E-state index in [1.54, 1.807) is 11.3 Å². The second-order valence-electron chi connectivity index (χ2n) is 3.62. The van der Waals surface area contributed by atoms with Crippen LogP contribution in [0.2, 0.25) is 0 Å². The maximum atomic E-state index is 11.7. The normalized spacial score (nSPS) is 9.56. The molecule has 0 radical (unpaired) electrons. The van der Waals surface area contributed by atoms with Gasteiger partial charge < -0.3 is 15.3 Å². The van der Waals surface area contributed by atoms with Crippen LogP contribution in [0.25, 0.3) is 0 Å². The van der Waals surface area contributed by atoms with Gasteiger partial charge in [-0.25, -0.2) is 4.79 Å². The van der Waals surface area contributed by atoms with E-state index in [1.165, 1.54) is 0 Å². The number of carbonyl (C=O) groups is 2. The fourth-order valence-corrected chi connectivity index (χ4v) is 2.16. The van der Waals surface area contributed by atoms with Crippen LogP contribution < -0.4 is 5.32 Å². The van der Waals surface area contributed by atoms with Crippen molar-refractivity contribution in [3.05, 3.63) is 21.9 Å². The maximum absolute atomic E-state index is 11.7. The average molecular weight is 266 g/mol. The van der Waals surface area contributed by atoms with Gasteiger partial charge in [-0.05, 0) is 19.1 Å². The molecule has 0 saturated heterocycles. The molecule has 1 aromatic heterocycles. The van der Waals surface area contributed by atoms with E-state index in [9.17, 15) is 9.59 Å². The maximum Gasteiger partial charge on any atom is 0.323 e. The van der Waals surface area contributed by atoms with Gasteiger partial charge in [-0.15, -0.1) is 17.8 Å². The molecule has 18 heavy (non-hydrogen) atoms. The molecular weight excluding hydrogens is 252 g/mol. The summed E-state index contributed by atoms with van der Waals surface area (Å²) in [4.78, 5) is 25.5. The van der Waals surface area contributed by atoms with Gasteiger partial charge in [-0.1, -0.05) is 5.92 Å². The highest BCUT2D eigenvalue weighted by atomic mass is 32.1. The van der Waals surface area contributed by atoms with Crippen LogP contribution in [0.1, 0.15) is 9.75 Å². The molecule has 0 unspecified atom stereocenters. The lowest BCUT2D eigenvalue weighted by Crippen LogP contribution is -2.42. The lowest BCUT2D eigenvalue weighted by Gasteiger charge is -2.18. The molecule has 2 N–H and O–H groups in total. The average Bonchev–Trinajstić information content (AvgIpc) is 2.71. The fourth-order valence-electron chi connectivity index (χ4n) is 1.33. The number of nitrogens with one attached hydrogen (secondary N) is 1. The Morgan fingerprint density at radius 3 is 2.78 bits per heavy atom. The first-order valence-corrected chi connectivity index (χ1v) is 6.08. The first-order valence-electron chi connectivity index (χ1n) is 5.26. The Morgan fingerprint density at radius 1 is 1.56 bits per heavy atom. The summed E-state index contributed by atoms with van der Waals surface area (Å²) in [6, 6.07) is 3.41. The van der Waals surface area contributed by atoms with E-state index in [-0.39, 0.29) is 6.54 Å². The van der Waals surface area contributed by atoms with E-state index in [0.717, 1.165) is 14.7 Å². The number of urea groups is 1. The van der Waals surface area contributed by atoms with Gasteiger partial charge in [0.15, 0.2) is 0 Å². The number of hydrogen-bond acceptors (Lipinski definition) is 3. The molecule has 0 aliphatic carbocycles. The number of terminal acetylenes is 1. The quantitative estimate of drug-likeness (QED) is 0.789. The number of amides is 2. The number of hydrogen-bond donors (Lipinski definition) is 2. The third-order valence-electron chi connectivity index (χ3n) is 2.11. The molecule has 0 spiro atoms. The molecule has 0 saturated carbocycles. The summed E-state index contributed by atoms with van der Waals surface area (Å²) in [5, 5.41) is 11.3. The Balaban J connectivity index is 2.51. The van der Waals surface area contributed by atoms with Crippen molar-refractivity contribution in [1.82, 2.24) is 10.2 Å². The van der Waals surface area contributed by atoms with E-state index < -0.39 is 18.5 Å². The Kier molecular flexibility index (Phi) is 5.21. The molecule has 1 aromatic rings. The van der Waals surface area contributed by atoms with Crippen LogP contribution in [0.4, 0.5) is 4.79 Å². The van der Waals surface area contributed by atoms with Gasteiger partial charge in [0.25, 0.3) is 0 Å². The van der Waals surface area contributed by atoms with Gasteiger partial charge in [0.2, 0.25) is 0 Å². The number of carboxylic acids is 1. The smallest absolute Gasteiger partial charge is 0.323 e. The summed E-state index contributed by atoms with van der Waals surface area (Å²) in [7, 11) is 0. The molecular formula is C12H14N2O3S. The zero-order valence-electron chi connectivity index (χ0n) is 9.97. The third kappa shape index (κ3) is 4.47. The van der Waals surface area contributed by atoms with Gasteiger partial charge in [-0.2, -0.15) is 0 Å². The van der Waals surface area contributed by atoms with Gasteiger partial charge >= 0.3 is 12.0 Å². The SMILES string of the molecule is C#CCN(CC(=O)O)C(=O)NCc1ccc(C)s1. The number of thiophene rings is 1. The summed E-state index contributed by atoms with van der Waals surface area (Å²) in [5.74, 6) is 1.17. The number of nitrogens with zero attached hydrogens (tertiary/aromatic N) is 1. The standard InChI is InChI=1S/C12H14N2O3S/c1-3-6-14(8-11(15)16)12(17)13-7-10-5-4-9(2)18-10/h1,4-5H,6-8H2,2H3,(H,13,17)(H,15,16). The summed E-state index contributed by atoms with van der Waals surface area (Å²) >= 11 is 1.58. The minimum Gasteiger partial charge on any atom is -0.480 e. The van der Waals surface area contributed by atoms with Crippen molar-refractivity contribution in [1.29, 1.82) is 0 Å². The highest BCUT2D eigenvalue weighted by Gasteiger charge is 2.15. The first kappa shape index (κ1) is 14.1. The van der Waals surface area contributed by atoms with Gasteiger partial charge in [-0.3, -0.25) is 4.79 Å². The molecule has 1 rings (SSSR count). The van der Waals surface area contributed by atoms with E-state index in [0.29, 0.717) is 6.54 Å². The predicted molar refractivity (Wildman–Crippen MR) is 69.3 cm³/mol. The largest absolute Gasteiger partial charge is 0.480 e. The highest BCUT2D eigenvalue weighted by molar-refractivity contribution is 7.11. The Morgan fingerprint density at radius 2 is 2.28 bits per heavy atom. The molecule has 6 heteroatoms. The van der Waals surface area contributed by atoms with Gasteiger partial charge in [0.05, 0.1) is 13.1 Å². The number of carboxylic acid groups (broad SMARTS) is 1. The first-order chi connectivity index (χ1) is 8.52. The fraction of sp³-hybridized carbons (Fsp3) is 0.333. The second-order valence-corrected chi connectivity index (χ2v) is 5.00. The molecule has 0 aliphatic rings. The Hall–Kier alpha value is -2.00. The number of aliphatic carboxylic acids is 1. The van der Waals surface area contributed by atoms with E-state index in [4.69, 9.17) is 11.5 Å². The molecule has 96 valence electrons. The van der Waals surface area contributed by atoms with Crippen LogP contribution in [0.15, 0.2) is 12.1 Å². The lowest BCUT2D eigenvalue weighted by atomic mass is 10.4. The van der Waals surface area contributed by atoms with Crippen LogP contribution in [0.3, 0.4) is 0 Å². The molecule has 0 fully saturated rings. The molecule has 2 amide bonds. The number of rotatable bonds is 5. The summed E-state index contributed by atoms with van der Waals surface area (Å²) in [6.07, 6.45) is 5.09. The van der Waals surface area contributed by atoms with Crippen LogP contribution in [-0.4, -0.2) is 35.1 Å². The van der Waals surface area contributed by atoms with Crippen molar-refractivity contribution < 1.29 is 14.7 Å². The molecule has 0 aromatic carbocycles. The van der Waals surface area contributed by atoms with Crippen LogP contribution >= 0.6 is 11.3 Å². The zero-order chi connectivity index (χ0) is 13.5. The van der Waals surface area contributed by atoms with Gasteiger partial charge in [0.1, 0.15) is 6.54 Å². The Bertz CT molecular complexity index is 476. The van der Waals surface area contributed by atoms with Crippen molar-refractivity contribution >= 4 is 23.3 Å². The van der Waals surface area contributed by atoms with Crippen molar-refractivity contribution in [3.63, 3.8) is 0 Å². The van der Waals surface area contributed by atoms with Crippen LogP contribution in [-0.2, 0) is 11.3 Å². The summed E-state index contributed by atoms with van der Waals surface area (Å²) in [6.45, 7) is 1.92. The number of aryl methyl sites for hydroxylation is 1. The van der Waals surface area contributed by atoms with E-state index in [1.807, 2.05) is 19.1 Å². The third-order valence-corrected chi connectivity index (χ3v) is 3.11. The molecule has 0 atom stereocenters. The monoisotopic (exact) mass is 266 g/mol. The van der Waals surface area contributed by atoms with Crippen LogP contribution in [0, 0.1) is 19.3 Å². The topological polar surface area (TPSA) is 69.6 Å². The molecule has 1 heterocycles. The van der Waals surface area contributed by atoms with Crippen molar-refractivity contribution in [2.45, 2.75) is 13.5 Å². The zero-order valence-corrected chi connectivity index (χ0v) is 10.8. The van der Waals surface area contributed by atoms with Crippen molar-refractivity contribution in [2.75, 3.05) is 13.1 Å². The lowest BCUT2D eigenvalue weighted by molar-refractivity contribution is -0.137. The van der Waals surface area contributed by atoms with Crippen LogP contribution in [0.5, 0.6) is 0 Å². The highest BCUT2D eigenvalue weighted by Crippen LogP contribution is 2.14. The summed E-state index contributed by atoms with van der Waals surface area (Å²) < 4.78 is 0. The molecule has 0 aliphatic heterocycles. The predicted octanol–water partition coefficient (Wildman–Crippen LogP) is 1.29. The summed E-state index contributed by atoms with van der Waals surface area (Å²) in [5.41, 5.74) is 0. The van der Waals surface area contributed by atoms with Gasteiger partial charge in [0, 0.05) is 9.75 Å². The number of carbonyl (C=O) groups excluding carboxylic acids is 1. The molecule has 5 nitrogen and oxygen atoms in total.